The summed E-state index contributed by atoms with van der Waals surface area (Å²) < 4.78 is 0. The van der Waals surface area contributed by atoms with Crippen molar-refractivity contribution in [3.8, 4) is 0 Å². The summed E-state index contributed by atoms with van der Waals surface area (Å²) in [5.41, 5.74) is 2.38. The summed E-state index contributed by atoms with van der Waals surface area (Å²) in [7, 11) is 1.83. The molecule has 110 valence electrons. The first kappa shape index (κ1) is 14.8. The van der Waals surface area contributed by atoms with Crippen LogP contribution in [-0.4, -0.2) is 24.5 Å². The standard InChI is InChI=1S/C16H25N3O/c1-11-4-6-13(7-5-11)9-19-16(20)14-10-18-12(2)8-15(14)17-3/h8,10-11,13H,4-7,9H2,1-3H3,(H,17,18)(H,19,20). The van der Waals surface area contributed by atoms with Gasteiger partial charge in [-0.3, -0.25) is 9.78 Å². The zero-order chi connectivity index (χ0) is 14.5. The van der Waals surface area contributed by atoms with Crippen LogP contribution in [0.3, 0.4) is 0 Å². The Hall–Kier alpha value is -1.58. The number of aromatic nitrogens is 1. The molecule has 1 amide bonds. The molecule has 0 radical (unpaired) electrons. The SMILES string of the molecule is CNc1cc(C)ncc1C(=O)NCC1CCC(C)CC1. The minimum atomic E-state index is -0.0273. The quantitative estimate of drug-likeness (QED) is 0.888. The Morgan fingerprint density at radius 1 is 1.35 bits per heavy atom. The third-order valence-corrected chi connectivity index (χ3v) is 4.24. The number of carbonyl (C=O) groups is 1. The van der Waals surface area contributed by atoms with Crippen LogP contribution in [0.5, 0.6) is 0 Å². The van der Waals surface area contributed by atoms with Gasteiger partial charge in [0.15, 0.2) is 0 Å². The van der Waals surface area contributed by atoms with E-state index in [1.807, 2.05) is 20.0 Å². The van der Waals surface area contributed by atoms with Gasteiger partial charge in [-0.15, -0.1) is 0 Å². The normalized spacial score (nSPS) is 22.4. The Kier molecular flexibility index (Phi) is 4.99. The van der Waals surface area contributed by atoms with Crippen LogP contribution in [0.2, 0.25) is 0 Å². The van der Waals surface area contributed by atoms with Gasteiger partial charge in [-0.2, -0.15) is 0 Å². The number of rotatable bonds is 4. The van der Waals surface area contributed by atoms with E-state index in [1.165, 1.54) is 25.7 Å². The second kappa shape index (κ2) is 6.73. The van der Waals surface area contributed by atoms with Crippen LogP contribution < -0.4 is 10.6 Å². The lowest BCUT2D eigenvalue weighted by Crippen LogP contribution is -2.31. The zero-order valence-electron chi connectivity index (χ0n) is 12.7. The van der Waals surface area contributed by atoms with Crippen molar-refractivity contribution in [1.82, 2.24) is 10.3 Å². The van der Waals surface area contributed by atoms with Gasteiger partial charge < -0.3 is 10.6 Å². The number of aryl methyl sites for hydroxylation is 1. The highest BCUT2D eigenvalue weighted by molar-refractivity contribution is 5.99. The number of amides is 1. The van der Waals surface area contributed by atoms with Crippen molar-refractivity contribution < 1.29 is 4.79 Å². The third kappa shape index (κ3) is 3.71. The van der Waals surface area contributed by atoms with Crippen molar-refractivity contribution in [2.45, 2.75) is 39.5 Å². The van der Waals surface area contributed by atoms with E-state index in [1.54, 1.807) is 6.20 Å². The fourth-order valence-corrected chi connectivity index (χ4v) is 2.81. The van der Waals surface area contributed by atoms with E-state index in [9.17, 15) is 4.79 Å². The van der Waals surface area contributed by atoms with Gasteiger partial charge in [-0.1, -0.05) is 19.8 Å². The van der Waals surface area contributed by atoms with Crippen molar-refractivity contribution in [2.75, 3.05) is 18.9 Å². The molecule has 0 saturated heterocycles. The lowest BCUT2D eigenvalue weighted by molar-refractivity contribution is 0.0942. The van der Waals surface area contributed by atoms with Gasteiger partial charge in [-0.05, 0) is 37.7 Å². The van der Waals surface area contributed by atoms with E-state index in [0.717, 1.165) is 23.8 Å². The van der Waals surface area contributed by atoms with Crippen LogP contribution in [0.4, 0.5) is 5.69 Å². The summed E-state index contributed by atoms with van der Waals surface area (Å²) in [6.07, 6.45) is 6.68. The number of nitrogens with one attached hydrogen (secondary N) is 2. The molecule has 2 rings (SSSR count). The van der Waals surface area contributed by atoms with Crippen molar-refractivity contribution in [2.24, 2.45) is 11.8 Å². The molecule has 1 saturated carbocycles. The summed E-state index contributed by atoms with van der Waals surface area (Å²) in [5, 5.41) is 6.12. The predicted octanol–water partition coefficient (Wildman–Crippen LogP) is 2.99. The van der Waals surface area contributed by atoms with Gasteiger partial charge in [0.2, 0.25) is 0 Å². The molecule has 0 atom stereocenters. The average Bonchev–Trinajstić information content (AvgIpc) is 2.46. The summed E-state index contributed by atoms with van der Waals surface area (Å²) in [5.74, 6) is 1.45. The largest absolute Gasteiger partial charge is 0.387 e. The summed E-state index contributed by atoms with van der Waals surface area (Å²) >= 11 is 0. The zero-order valence-corrected chi connectivity index (χ0v) is 12.7. The van der Waals surface area contributed by atoms with E-state index >= 15 is 0 Å². The lowest BCUT2D eigenvalue weighted by Gasteiger charge is -2.26. The Balaban J connectivity index is 1.92. The number of pyridine rings is 1. The van der Waals surface area contributed by atoms with Crippen LogP contribution in [0.25, 0.3) is 0 Å². The van der Waals surface area contributed by atoms with Crippen LogP contribution in [0.15, 0.2) is 12.3 Å². The molecule has 1 heterocycles. The van der Waals surface area contributed by atoms with E-state index < -0.39 is 0 Å². The molecule has 2 N–H and O–H groups in total. The Morgan fingerprint density at radius 2 is 2.05 bits per heavy atom. The highest BCUT2D eigenvalue weighted by Gasteiger charge is 2.19. The fourth-order valence-electron chi connectivity index (χ4n) is 2.81. The summed E-state index contributed by atoms with van der Waals surface area (Å²) in [4.78, 5) is 16.5. The number of hydrogen-bond donors (Lipinski definition) is 2. The molecule has 1 aromatic heterocycles. The van der Waals surface area contributed by atoms with Crippen molar-refractivity contribution in [3.05, 3.63) is 23.5 Å². The van der Waals surface area contributed by atoms with Crippen LogP contribution in [-0.2, 0) is 0 Å². The van der Waals surface area contributed by atoms with E-state index in [4.69, 9.17) is 0 Å². The maximum Gasteiger partial charge on any atom is 0.254 e. The molecule has 4 nitrogen and oxygen atoms in total. The molecule has 20 heavy (non-hydrogen) atoms. The summed E-state index contributed by atoms with van der Waals surface area (Å²) in [6, 6.07) is 1.90. The van der Waals surface area contributed by atoms with Gasteiger partial charge in [0, 0.05) is 25.5 Å². The Bertz CT molecular complexity index is 465. The second-order valence-electron chi connectivity index (χ2n) is 5.96. The molecule has 1 aliphatic carbocycles. The maximum absolute atomic E-state index is 12.3. The molecule has 0 spiro atoms. The highest BCUT2D eigenvalue weighted by atomic mass is 16.1. The Morgan fingerprint density at radius 3 is 2.70 bits per heavy atom. The highest BCUT2D eigenvalue weighted by Crippen LogP contribution is 2.27. The molecule has 0 unspecified atom stereocenters. The van der Waals surface area contributed by atoms with Crippen molar-refractivity contribution >= 4 is 11.6 Å². The number of anilines is 1. The molecule has 4 heteroatoms. The van der Waals surface area contributed by atoms with Crippen molar-refractivity contribution in [3.63, 3.8) is 0 Å². The van der Waals surface area contributed by atoms with E-state index in [2.05, 4.69) is 22.5 Å². The first-order valence-corrected chi connectivity index (χ1v) is 7.52. The van der Waals surface area contributed by atoms with Crippen LogP contribution >= 0.6 is 0 Å². The molecule has 0 aromatic carbocycles. The molecule has 1 aromatic rings. The van der Waals surface area contributed by atoms with E-state index in [0.29, 0.717) is 11.5 Å². The summed E-state index contributed by atoms with van der Waals surface area (Å²) in [6.45, 7) is 5.01. The minimum Gasteiger partial charge on any atom is -0.387 e. The lowest BCUT2D eigenvalue weighted by atomic mass is 9.83. The first-order valence-electron chi connectivity index (χ1n) is 7.52. The number of nitrogens with zero attached hydrogens (tertiary/aromatic N) is 1. The average molecular weight is 275 g/mol. The van der Waals surface area contributed by atoms with Gasteiger partial charge >= 0.3 is 0 Å². The first-order chi connectivity index (χ1) is 9.60. The third-order valence-electron chi connectivity index (χ3n) is 4.24. The monoisotopic (exact) mass is 275 g/mol. The fraction of sp³-hybridized carbons (Fsp3) is 0.625. The van der Waals surface area contributed by atoms with Crippen LogP contribution in [0, 0.1) is 18.8 Å². The molecule has 0 bridgehead atoms. The van der Waals surface area contributed by atoms with E-state index in [-0.39, 0.29) is 5.91 Å². The number of hydrogen-bond acceptors (Lipinski definition) is 3. The van der Waals surface area contributed by atoms with Gasteiger partial charge in [-0.25, -0.2) is 0 Å². The smallest absolute Gasteiger partial charge is 0.254 e. The van der Waals surface area contributed by atoms with Gasteiger partial charge in [0.25, 0.3) is 5.91 Å². The molecule has 0 aliphatic heterocycles. The van der Waals surface area contributed by atoms with Crippen LogP contribution in [0.1, 0.15) is 48.7 Å². The predicted molar refractivity (Wildman–Crippen MR) is 82.0 cm³/mol. The van der Waals surface area contributed by atoms with Gasteiger partial charge in [0.1, 0.15) is 0 Å². The van der Waals surface area contributed by atoms with Gasteiger partial charge in [0.05, 0.1) is 11.3 Å². The molecular formula is C16H25N3O. The molecular weight excluding hydrogens is 250 g/mol. The topological polar surface area (TPSA) is 54.0 Å². The Labute approximate surface area is 121 Å². The molecule has 1 fully saturated rings. The second-order valence-corrected chi connectivity index (χ2v) is 5.96. The number of carbonyl (C=O) groups excluding carboxylic acids is 1. The minimum absolute atomic E-state index is 0.0273. The maximum atomic E-state index is 12.3. The van der Waals surface area contributed by atoms with Crippen molar-refractivity contribution in [1.29, 1.82) is 0 Å². The molecule has 1 aliphatic rings.